The summed E-state index contributed by atoms with van der Waals surface area (Å²) in [6.07, 6.45) is 15.6. The van der Waals surface area contributed by atoms with Crippen molar-refractivity contribution in [2.45, 2.75) is 102 Å². The van der Waals surface area contributed by atoms with Crippen LogP contribution in [-0.2, 0) is 14.2 Å². The number of allylic oxidation sites excluding steroid dienone is 1. The second-order valence-electron chi connectivity index (χ2n) is 15.1. The van der Waals surface area contributed by atoms with Gasteiger partial charge in [-0.2, -0.15) is 0 Å². The molecule has 8 aliphatic rings. The lowest BCUT2D eigenvalue weighted by Gasteiger charge is -2.60. The molecule has 0 aromatic rings. The van der Waals surface area contributed by atoms with Crippen molar-refractivity contribution in [3.63, 3.8) is 0 Å². The molecule has 2 aliphatic heterocycles. The van der Waals surface area contributed by atoms with Gasteiger partial charge in [0, 0.05) is 37.6 Å². The molecular weight excluding hydrogens is 462 g/mol. The van der Waals surface area contributed by atoms with Crippen molar-refractivity contribution in [1.29, 1.82) is 0 Å². The van der Waals surface area contributed by atoms with E-state index in [1.807, 2.05) is 0 Å². The number of ether oxygens (including phenoxy) is 3. The van der Waals surface area contributed by atoms with Crippen LogP contribution in [0, 0.1) is 45.8 Å². The molecule has 8 rings (SSSR count). The lowest BCUT2D eigenvalue weighted by molar-refractivity contribution is -0.211. The quantitative estimate of drug-likeness (QED) is 0.409. The van der Waals surface area contributed by atoms with E-state index in [0.717, 1.165) is 49.7 Å². The van der Waals surface area contributed by atoms with Gasteiger partial charge in [0.05, 0.1) is 37.6 Å². The highest BCUT2D eigenvalue weighted by atomic mass is 16.5. The fourth-order valence-electron chi connectivity index (χ4n) is 12.6. The molecule has 0 bridgehead atoms. The van der Waals surface area contributed by atoms with Crippen molar-refractivity contribution < 1.29 is 19.3 Å². The smallest absolute Gasteiger partial charge is 0.0793 e. The molecule has 3 unspecified atom stereocenters. The fraction of sp³-hybridized carbons (Fsp3) is 0.938. The maximum atomic E-state index is 10.4. The third kappa shape index (κ3) is 2.94. The SMILES string of the molecule is COCCOCCN1C[C@@H](C)C[C@H]2O[C@@]34CC[C@H]5[C@@H]6CC=C7C[C@@H](O)CC[C@]7(C)[C@H]6CC56CC63C[C@@H]4C21. The Hall–Kier alpha value is -0.460. The van der Waals surface area contributed by atoms with Crippen LogP contribution in [0.25, 0.3) is 0 Å². The summed E-state index contributed by atoms with van der Waals surface area (Å²) in [5.74, 6) is 4.07. The van der Waals surface area contributed by atoms with Gasteiger partial charge in [-0.25, -0.2) is 0 Å². The Kier molecular flexibility index (Phi) is 5.30. The maximum absolute atomic E-state index is 10.4. The Morgan fingerprint density at radius 1 is 1.11 bits per heavy atom. The van der Waals surface area contributed by atoms with Crippen LogP contribution >= 0.6 is 0 Å². The summed E-state index contributed by atoms with van der Waals surface area (Å²) < 4.78 is 18.5. The normalized spacial score (nSPS) is 57.0. The molecule has 5 nitrogen and oxygen atoms in total. The molecule has 6 aliphatic carbocycles. The molecule has 0 radical (unpaired) electrons. The van der Waals surface area contributed by atoms with Crippen LogP contribution in [0.1, 0.15) is 78.1 Å². The third-order valence-electron chi connectivity index (χ3n) is 13.9. The maximum Gasteiger partial charge on any atom is 0.0793 e. The number of nitrogens with zero attached hydrogens (tertiary/aromatic N) is 1. The number of likely N-dealkylation sites (tertiary alicyclic amines) is 1. The molecule has 2 heterocycles. The number of rotatable bonds is 6. The standard InChI is InChI=1S/C32H49NO4/c1-20-14-27-28(33(18-20)10-11-36-13-12-35-3)26-17-31-19-30(31)16-25-23(24(30)7-9-32(26,31)37-27)5-4-21-15-22(34)6-8-29(21,25)2/h4,20,22-28,34H,5-19H2,1-3H3/t20-,22-,23-,24-,25-,26+,27+,28?,29-,30?,31?,32+/m0/s1. The van der Waals surface area contributed by atoms with Crippen LogP contribution in [0.15, 0.2) is 11.6 Å². The molecule has 12 atom stereocenters. The summed E-state index contributed by atoms with van der Waals surface area (Å²) in [6.45, 7) is 9.43. The van der Waals surface area contributed by atoms with E-state index in [4.69, 9.17) is 14.2 Å². The average molecular weight is 512 g/mol. The molecule has 1 N–H and O–H groups in total. The lowest BCUT2D eigenvalue weighted by Crippen LogP contribution is -2.64. The second-order valence-corrected chi connectivity index (χ2v) is 15.1. The highest BCUT2D eigenvalue weighted by Crippen LogP contribution is 2.93. The molecule has 206 valence electrons. The Bertz CT molecular complexity index is 984. The van der Waals surface area contributed by atoms with Gasteiger partial charge in [-0.3, -0.25) is 4.90 Å². The minimum atomic E-state index is -0.105. The van der Waals surface area contributed by atoms with Crippen molar-refractivity contribution in [1.82, 2.24) is 4.90 Å². The van der Waals surface area contributed by atoms with E-state index in [1.54, 1.807) is 12.7 Å². The van der Waals surface area contributed by atoms with E-state index >= 15 is 0 Å². The topological polar surface area (TPSA) is 51.2 Å². The van der Waals surface area contributed by atoms with Crippen LogP contribution in [-0.4, -0.2) is 73.9 Å². The molecule has 5 heteroatoms. The van der Waals surface area contributed by atoms with Gasteiger partial charge in [0.15, 0.2) is 0 Å². The highest BCUT2D eigenvalue weighted by molar-refractivity contribution is 5.42. The van der Waals surface area contributed by atoms with Gasteiger partial charge < -0.3 is 19.3 Å². The van der Waals surface area contributed by atoms with Gasteiger partial charge in [0.2, 0.25) is 0 Å². The molecule has 2 saturated heterocycles. The van der Waals surface area contributed by atoms with E-state index < -0.39 is 0 Å². The summed E-state index contributed by atoms with van der Waals surface area (Å²) >= 11 is 0. The van der Waals surface area contributed by atoms with E-state index in [-0.39, 0.29) is 11.7 Å². The number of methoxy groups -OCH3 is 1. The number of hydrogen-bond donors (Lipinski definition) is 1. The first-order valence-corrected chi connectivity index (χ1v) is 15.7. The number of fused-ring (bicyclic) bond motifs is 6. The Balaban J connectivity index is 1.04. The van der Waals surface area contributed by atoms with E-state index in [1.165, 1.54) is 57.9 Å². The van der Waals surface area contributed by atoms with Gasteiger partial charge >= 0.3 is 0 Å². The van der Waals surface area contributed by atoms with Crippen molar-refractivity contribution in [3.8, 4) is 0 Å². The van der Waals surface area contributed by atoms with Gasteiger partial charge in [0.25, 0.3) is 0 Å². The van der Waals surface area contributed by atoms with Crippen LogP contribution < -0.4 is 0 Å². The number of piperidine rings is 1. The zero-order valence-electron chi connectivity index (χ0n) is 23.4. The van der Waals surface area contributed by atoms with Gasteiger partial charge in [-0.1, -0.05) is 25.5 Å². The Morgan fingerprint density at radius 2 is 2.00 bits per heavy atom. The number of hydrogen-bond acceptors (Lipinski definition) is 5. The summed E-state index contributed by atoms with van der Waals surface area (Å²) in [5.41, 5.74) is 3.17. The van der Waals surface area contributed by atoms with Crippen molar-refractivity contribution in [2.75, 3.05) is 40.0 Å². The molecular formula is C32H49NO4. The molecule has 3 spiro atoms. The number of aliphatic hydroxyl groups is 1. The van der Waals surface area contributed by atoms with E-state index in [9.17, 15) is 5.11 Å². The first kappa shape index (κ1) is 24.3. The minimum absolute atomic E-state index is 0.105. The van der Waals surface area contributed by atoms with Crippen LogP contribution in [0.4, 0.5) is 0 Å². The molecule has 7 fully saturated rings. The van der Waals surface area contributed by atoms with E-state index in [2.05, 4.69) is 24.8 Å². The predicted molar refractivity (Wildman–Crippen MR) is 142 cm³/mol. The Morgan fingerprint density at radius 3 is 2.86 bits per heavy atom. The summed E-state index contributed by atoms with van der Waals surface area (Å²) in [4.78, 5) is 2.78. The molecule has 5 saturated carbocycles. The third-order valence-corrected chi connectivity index (χ3v) is 13.9. The summed E-state index contributed by atoms with van der Waals surface area (Å²) in [6, 6.07) is 0.608. The highest BCUT2D eigenvalue weighted by Gasteiger charge is 2.91. The summed E-state index contributed by atoms with van der Waals surface area (Å²) in [7, 11) is 1.75. The van der Waals surface area contributed by atoms with Crippen LogP contribution in [0.2, 0.25) is 0 Å². The lowest BCUT2D eigenvalue weighted by atomic mass is 9.47. The Labute approximate surface area is 223 Å². The first-order chi connectivity index (χ1) is 17.9. The largest absolute Gasteiger partial charge is 0.393 e. The first-order valence-electron chi connectivity index (χ1n) is 15.7. The minimum Gasteiger partial charge on any atom is -0.393 e. The van der Waals surface area contributed by atoms with Crippen molar-refractivity contribution >= 4 is 0 Å². The van der Waals surface area contributed by atoms with Gasteiger partial charge in [-0.05, 0) is 98.7 Å². The molecule has 0 aromatic carbocycles. The van der Waals surface area contributed by atoms with Gasteiger partial charge in [0.1, 0.15) is 0 Å². The van der Waals surface area contributed by atoms with Crippen molar-refractivity contribution in [3.05, 3.63) is 11.6 Å². The average Bonchev–Trinajstić information content (AvgIpc) is 3.35. The fourth-order valence-corrected chi connectivity index (χ4v) is 12.6. The zero-order chi connectivity index (χ0) is 25.2. The molecule has 37 heavy (non-hydrogen) atoms. The molecule has 0 aromatic heterocycles. The number of aliphatic hydroxyl groups excluding tert-OH is 1. The van der Waals surface area contributed by atoms with Crippen LogP contribution in [0.5, 0.6) is 0 Å². The van der Waals surface area contributed by atoms with Gasteiger partial charge in [-0.15, -0.1) is 0 Å². The van der Waals surface area contributed by atoms with Crippen molar-refractivity contribution in [2.24, 2.45) is 45.8 Å². The van der Waals surface area contributed by atoms with E-state index in [0.29, 0.717) is 47.5 Å². The molecule has 0 amide bonds. The second kappa shape index (κ2) is 8.06. The van der Waals surface area contributed by atoms with Crippen LogP contribution in [0.3, 0.4) is 0 Å². The monoisotopic (exact) mass is 511 g/mol. The zero-order valence-corrected chi connectivity index (χ0v) is 23.4. The predicted octanol–water partition coefficient (Wildman–Crippen LogP) is 4.82. The summed E-state index contributed by atoms with van der Waals surface area (Å²) in [5, 5.41) is 10.4.